The normalized spacial score (nSPS) is 10.4. The number of hydrogen-bond acceptors (Lipinski definition) is 4. The number of carbonyl (C=O) groups excluding carboxylic acids is 1. The molecule has 0 saturated carbocycles. The van der Waals surface area contributed by atoms with E-state index in [-0.39, 0.29) is 12.1 Å². The van der Waals surface area contributed by atoms with Crippen LogP contribution in [0.3, 0.4) is 0 Å². The summed E-state index contributed by atoms with van der Waals surface area (Å²) in [5.41, 5.74) is 2.13. The highest BCUT2D eigenvalue weighted by Gasteiger charge is 2.12. The maximum Gasteiger partial charge on any atom is 0.338 e. The van der Waals surface area contributed by atoms with Crippen molar-refractivity contribution >= 4 is 29.0 Å². The molecule has 0 bridgehead atoms. The Hall–Kier alpha value is -1.66. The van der Waals surface area contributed by atoms with Gasteiger partial charge in [-0.1, -0.05) is 6.07 Å². The maximum atomic E-state index is 11.7. The van der Waals surface area contributed by atoms with E-state index in [1.807, 2.05) is 26.8 Å². The molecule has 0 heterocycles. The number of carbonyl (C=O) groups is 1. The molecule has 0 aromatic heterocycles. The highest BCUT2D eigenvalue weighted by Crippen LogP contribution is 2.19. The maximum absolute atomic E-state index is 11.7. The smallest absolute Gasteiger partial charge is 0.338 e. The third-order valence-electron chi connectivity index (χ3n) is 3.05. The van der Waals surface area contributed by atoms with E-state index in [0.717, 1.165) is 24.2 Å². The summed E-state index contributed by atoms with van der Waals surface area (Å²) < 4.78 is 10.2. The highest BCUT2D eigenvalue weighted by atomic mass is 32.1. The van der Waals surface area contributed by atoms with Crippen LogP contribution in [0.2, 0.25) is 0 Å². The van der Waals surface area contributed by atoms with Crippen molar-refractivity contribution in [2.24, 2.45) is 0 Å². The fourth-order valence-electron chi connectivity index (χ4n) is 1.86. The van der Waals surface area contributed by atoms with Gasteiger partial charge in [-0.15, -0.1) is 0 Å². The van der Waals surface area contributed by atoms with Crippen LogP contribution in [-0.4, -0.2) is 37.4 Å². The topological polar surface area (TPSA) is 59.6 Å². The Labute approximate surface area is 137 Å². The number of hydrogen-bond donors (Lipinski definition) is 2. The van der Waals surface area contributed by atoms with Crippen molar-refractivity contribution in [3.63, 3.8) is 0 Å². The summed E-state index contributed by atoms with van der Waals surface area (Å²) in [4.78, 5) is 11.7. The number of nitrogens with one attached hydrogen (secondary N) is 2. The molecule has 0 unspecified atom stereocenters. The van der Waals surface area contributed by atoms with Crippen LogP contribution in [0, 0.1) is 6.92 Å². The molecule has 0 fully saturated rings. The first-order valence-corrected chi connectivity index (χ1v) is 7.71. The van der Waals surface area contributed by atoms with Crippen LogP contribution in [0.25, 0.3) is 0 Å². The number of thiocarbonyl (C=S) groups is 1. The lowest BCUT2D eigenvalue weighted by molar-refractivity contribution is 0.0600. The van der Waals surface area contributed by atoms with Gasteiger partial charge in [0.2, 0.25) is 0 Å². The van der Waals surface area contributed by atoms with Gasteiger partial charge in [0.15, 0.2) is 5.11 Å². The third kappa shape index (κ3) is 5.99. The van der Waals surface area contributed by atoms with Crippen LogP contribution >= 0.6 is 12.2 Å². The van der Waals surface area contributed by atoms with Gasteiger partial charge in [0.1, 0.15) is 0 Å². The second kappa shape index (κ2) is 9.38. The molecule has 22 heavy (non-hydrogen) atoms. The average Bonchev–Trinajstić information content (AvgIpc) is 2.48. The largest absolute Gasteiger partial charge is 0.465 e. The van der Waals surface area contributed by atoms with Gasteiger partial charge in [0.05, 0.1) is 18.8 Å². The Morgan fingerprint density at radius 2 is 2.09 bits per heavy atom. The van der Waals surface area contributed by atoms with Gasteiger partial charge in [0.25, 0.3) is 0 Å². The highest BCUT2D eigenvalue weighted by molar-refractivity contribution is 7.80. The van der Waals surface area contributed by atoms with Crippen molar-refractivity contribution < 1.29 is 14.3 Å². The second-order valence-electron chi connectivity index (χ2n) is 5.12. The van der Waals surface area contributed by atoms with E-state index in [9.17, 15) is 4.79 Å². The van der Waals surface area contributed by atoms with Crippen LogP contribution in [0.5, 0.6) is 0 Å². The SMILES string of the molecule is COC(=O)c1cccc(NC(=S)NCCCOC(C)C)c1C. The summed E-state index contributed by atoms with van der Waals surface area (Å²) in [6.07, 6.45) is 1.12. The Morgan fingerprint density at radius 3 is 2.73 bits per heavy atom. The molecule has 122 valence electrons. The van der Waals surface area contributed by atoms with Crippen LogP contribution in [0.4, 0.5) is 5.69 Å². The lowest BCUT2D eigenvalue weighted by Crippen LogP contribution is -2.30. The molecule has 0 radical (unpaired) electrons. The Kier molecular flexibility index (Phi) is 7.84. The molecule has 0 aliphatic rings. The van der Waals surface area contributed by atoms with E-state index < -0.39 is 0 Å². The number of anilines is 1. The van der Waals surface area contributed by atoms with E-state index in [2.05, 4.69) is 10.6 Å². The van der Waals surface area contributed by atoms with Crippen molar-refractivity contribution in [2.45, 2.75) is 33.3 Å². The van der Waals surface area contributed by atoms with Crippen molar-refractivity contribution in [2.75, 3.05) is 25.6 Å². The van der Waals surface area contributed by atoms with Gasteiger partial charge < -0.3 is 20.1 Å². The molecule has 5 nitrogen and oxygen atoms in total. The zero-order valence-corrected chi connectivity index (χ0v) is 14.4. The lowest BCUT2D eigenvalue weighted by atomic mass is 10.1. The minimum Gasteiger partial charge on any atom is -0.465 e. The zero-order valence-electron chi connectivity index (χ0n) is 13.6. The number of ether oxygens (including phenoxy) is 2. The fourth-order valence-corrected chi connectivity index (χ4v) is 2.07. The van der Waals surface area contributed by atoms with Crippen molar-refractivity contribution in [3.8, 4) is 0 Å². The second-order valence-corrected chi connectivity index (χ2v) is 5.53. The number of rotatable bonds is 7. The minimum atomic E-state index is -0.356. The monoisotopic (exact) mass is 324 g/mol. The van der Waals surface area contributed by atoms with Crippen LogP contribution < -0.4 is 10.6 Å². The van der Waals surface area contributed by atoms with E-state index >= 15 is 0 Å². The van der Waals surface area contributed by atoms with Crippen LogP contribution in [0.15, 0.2) is 18.2 Å². The van der Waals surface area contributed by atoms with Gasteiger partial charge in [0, 0.05) is 18.8 Å². The van der Waals surface area contributed by atoms with Crippen molar-refractivity contribution in [1.82, 2.24) is 5.32 Å². The summed E-state index contributed by atoms with van der Waals surface area (Å²) in [6, 6.07) is 5.39. The molecule has 2 N–H and O–H groups in total. The first-order chi connectivity index (χ1) is 10.5. The Bertz CT molecular complexity index is 518. The summed E-state index contributed by atoms with van der Waals surface area (Å²) in [7, 11) is 1.37. The molecular formula is C16H24N2O3S. The summed E-state index contributed by atoms with van der Waals surface area (Å²) in [5.74, 6) is -0.356. The van der Waals surface area contributed by atoms with E-state index in [0.29, 0.717) is 17.3 Å². The van der Waals surface area contributed by atoms with Gasteiger partial charge in [-0.05, 0) is 57.1 Å². The molecule has 0 aliphatic carbocycles. The molecule has 1 aromatic rings. The van der Waals surface area contributed by atoms with Crippen molar-refractivity contribution in [1.29, 1.82) is 0 Å². The van der Waals surface area contributed by atoms with Crippen LogP contribution in [-0.2, 0) is 9.47 Å². The Morgan fingerprint density at radius 1 is 1.36 bits per heavy atom. The molecular weight excluding hydrogens is 300 g/mol. The molecule has 0 spiro atoms. The summed E-state index contributed by atoms with van der Waals surface area (Å²) >= 11 is 5.25. The Balaban J connectivity index is 2.49. The molecule has 1 rings (SSSR count). The van der Waals surface area contributed by atoms with Crippen LogP contribution in [0.1, 0.15) is 36.2 Å². The first kappa shape index (κ1) is 18.4. The fraction of sp³-hybridized carbons (Fsp3) is 0.500. The number of esters is 1. The average molecular weight is 324 g/mol. The van der Waals surface area contributed by atoms with E-state index in [1.165, 1.54) is 7.11 Å². The van der Waals surface area contributed by atoms with E-state index in [4.69, 9.17) is 21.7 Å². The number of benzene rings is 1. The summed E-state index contributed by atoms with van der Waals surface area (Å²) in [6.45, 7) is 7.31. The first-order valence-electron chi connectivity index (χ1n) is 7.30. The predicted molar refractivity (Wildman–Crippen MR) is 92.4 cm³/mol. The van der Waals surface area contributed by atoms with Gasteiger partial charge in [-0.3, -0.25) is 0 Å². The molecule has 0 atom stereocenters. The molecule has 0 saturated heterocycles. The standard InChI is InChI=1S/C16H24N2O3S/c1-11(2)21-10-6-9-17-16(22)18-14-8-5-7-13(12(14)3)15(19)20-4/h5,7-8,11H,6,9-10H2,1-4H3,(H2,17,18,22). The quantitative estimate of drug-likeness (QED) is 0.457. The predicted octanol–water partition coefficient (Wildman–Crippen LogP) is 2.88. The lowest BCUT2D eigenvalue weighted by Gasteiger charge is -2.14. The molecule has 0 aliphatic heterocycles. The summed E-state index contributed by atoms with van der Waals surface area (Å²) in [5, 5.41) is 6.74. The molecule has 1 aromatic carbocycles. The third-order valence-corrected chi connectivity index (χ3v) is 3.29. The van der Waals surface area contributed by atoms with Gasteiger partial charge >= 0.3 is 5.97 Å². The molecule has 6 heteroatoms. The molecule has 0 amide bonds. The van der Waals surface area contributed by atoms with Crippen molar-refractivity contribution in [3.05, 3.63) is 29.3 Å². The van der Waals surface area contributed by atoms with E-state index in [1.54, 1.807) is 12.1 Å². The number of methoxy groups -OCH3 is 1. The zero-order chi connectivity index (χ0) is 16.5. The van der Waals surface area contributed by atoms with Gasteiger partial charge in [-0.25, -0.2) is 4.79 Å². The minimum absolute atomic E-state index is 0.244. The van der Waals surface area contributed by atoms with Gasteiger partial charge in [-0.2, -0.15) is 0 Å².